The predicted octanol–water partition coefficient (Wildman–Crippen LogP) is 2.40. The first kappa shape index (κ1) is 26.5. The van der Waals surface area contributed by atoms with E-state index in [2.05, 4.69) is 0 Å². The average molecular weight is 528 g/mol. The van der Waals surface area contributed by atoms with Crippen LogP contribution >= 0.6 is 0 Å². The van der Waals surface area contributed by atoms with E-state index >= 15 is 0 Å². The van der Waals surface area contributed by atoms with Crippen molar-refractivity contribution in [3.8, 4) is 28.4 Å². The van der Waals surface area contributed by atoms with E-state index in [1.54, 1.807) is 12.1 Å². The molecule has 2 N–H and O–H groups in total. The molecular formula is C26H24O12. The maximum Gasteiger partial charge on any atom is 0.303 e. The van der Waals surface area contributed by atoms with Gasteiger partial charge in [-0.25, -0.2) is 0 Å². The Hall–Kier alpha value is -4.58. The minimum atomic E-state index is -1.22. The van der Waals surface area contributed by atoms with E-state index in [0.29, 0.717) is 5.56 Å². The number of ether oxygens (including phenoxy) is 5. The Morgan fingerprint density at radius 2 is 1.58 bits per heavy atom. The summed E-state index contributed by atoms with van der Waals surface area (Å²) < 4.78 is 32.7. The molecule has 12 heteroatoms. The predicted molar refractivity (Wildman–Crippen MR) is 128 cm³/mol. The fourth-order valence-corrected chi connectivity index (χ4v) is 4.04. The van der Waals surface area contributed by atoms with Crippen LogP contribution in [0, 0.1) is 0 Å². The van der Waals surface area contributed by atoms with Gasteiger partial charge in [0, 0.05) is 32.9 Å². The highest BCUT2D eigenvalue weighted by molar-refractivity contribution is 5.88. The van der Waals surface area contributed by atoms with Gasteiger partial charge in [-0.3, -0.25) is 19.2 Å². The Morgan fingerprint density at radius 3 is 2.21 bits per heavy atom. The summed E-state index contributed by atoms with van der Waals surface area (Å²) in [6, 6.07) is 8.41. The first-order valence-electron chi connectivity index (χ1n) is 11.4. The summed E-state index contributed by atoms with van der Waals surface area (Å²) in [6.45, 7) is 3.28. The van der Waals surface area contributed by atoms with Crippen LogP contribution in [0.2, 0.25) is 0 Å². The van der Waals surface area contributed by atoms with E-state index in [9.17, 15) is 29.4 Å². The number of esters is 3. The topological polar surface area (TPSA) is 168 Å². The zero-order chi connectivity index (χ0) is 27.6. The number of hydrogen-bond acceptors (Lipinski definition) is 12. The Labute approximate surface area is 215 Å². The molecule has 1 aliphatic heterocycles. The number of carbonyl (C=O) groups is 3. The third-order valence-electron chi connectivity index (χ3n) is 5.58. The smallest absolute Gasteiger partial charge is 0.303 e. The number of carbonyl (C=O) groups excluding carboxylic acids is 3. The van der Waals surface area contributed by atoms with Crippen molar-refractivity contribution in [1.82, 2.24) is 0 Å². The van der Waals surface area contributed by atoms with Crippen LogP contribution < -0.4 is 10.2 Å². The maximum absolute atomic E-state index is 13.0. The third kappa shape index (κ3) is 5.70. The lowest BCUT2D eigenvalue weighted by molar-refractivity contribution is -0.170. The Balaban J connectivity index is 1.59. The standard InChI is InChI=1S/C26H24O12/c1-12(27)33-11-21-24(35-13(2)28)25(36-14(3)29)26(38-21)37-17-6-4-15(5-7-17)18-10-34-20-9-16(30)8-19(31)22(20)23(18)32/h4-10,21,24-26,30-31H,11H2,1-3H3/t21-,24-,25-,26-/m1/s1. The van der Waals surface area contributed by atoms with E-state index in [0.717, 1.165) is 6.07 Å². The second kappa shape index (κ2) is 10.8. The van der Waals surface area contributed by atoms with Crippen LogP contribution in [-0.4, -0.2) is 59.3 Å². The van der Waals surface area contributed by atoms with Gasteiger partial charge in [-0.05, 0) is 17.7 Å². The van der Waals surface area contributed by atoms with Gasteiger partial charge in [-0.1, -0.05) is 12.1 Å². The molecule has 1 fully saturated rings. The molecule has 0 radical (unpaired) electrons. The van der Waals surface area contributed by atoms with Gasteiger partial charge in [0.1, 0.15) is 47.2 Å². The first-order chi connectivity index (χ1) is 18.0. The molecule has 38 heavy (non-hydrogen) atoms. The highest BCUT2D eigenvalue weighted by Crippen LogP contribution is 2.32. The van der Waals surface area contributed by atoms with E-state index in [-0.39, 0.29) is 34.6 Å². The second-order valence-corrected chi connectivity index (χ2v) is 8.45. The molecule has 3 aromatic rings. The molecule has 1 aromatic heterocycles. The lowest BCUT2D eigenvalue weighted by atomic mass is 10.0. The minimum Gasteiger partial charge on any atom is -0.508 e. The quantitative estimate of drug-likeness (QED) is 0.340. The number of benzene rings is 2. The summed E-state index contributed by atoms with van der Waals surface area (Å²) in [7, 11) is 0. The number of hydrogen-bond donors (Lipinski definition) is 2. The molecule has 4 rings (SSSR count). The monoisotopic (exact) mass is 528 g/mol. The number of rotatable bonds is 7. The van der Waals surface area contributed by atoms with Crippen LogP contribution in [0.3, 0.4) is 0 Å². The van der Waals surface area contributed by atoms with Crippen LogP contribution in [0.5, 0.6) is 17.2 Å². The zero-order valence-corrected chi connectivity index (χ0v) is 20.5. The number of phenolic OH excluding ortho intramolecular Hbond substituents is 2. The maximum atomic E-state index is 13.0. The van der Waals surface area contributed by atoms with Crippen molar-refractivity contribution in [3.63, 3.8) is 0 Å². The molecule has 12 nitrogen and oxygen atoms in total. The van der Waals surface area contributed by atoms with E-state index < -0.39 is 53.7 Å². The van der Waals surface area contributed by atoms with Crippen molar-refractivity contribution in [2.45, 2.75) is 45.4 Å². The summed E-state index contributed by atoms with van der Waals surface area (Å²) in [5, 5.41) is 19.6. The van der Waals surface area contributed by atoms with Crippen LogP contribution in [0.25, 0.3) is 22.1 Å². The SMILES string of the molecule is CC(=O)OC[C@H]1O[C@@H](Oc2ccc(-c3coc4cc(O)cc(O)c4c3=O)cc2)[C@H](OC(C)=O)[C@@H]1OC(C)=O. The van der Waals surface area contributed by atoms with Crippen molar-refractivity contribution in [3.05, 3.63) is 52.9 Å². The van der Waals surface area contributed by atoms with Gasteiger partial charge < -0.3 is 38.3 Å². The summed E-state index contributed by atoms with van der Waals surface area (Å²) >= 11 is 0. The third-order valence-corrected chi connectivity index (χ3v) is 5.58. The Morgan fingerprint density at radius 1 is 0.921 bits per heavy atom. The molecule has 0 bridgehead atoms. The molecule has 0 unspecified atom stereocenters. The van der Waals surface area contributed by atoms with Gasteiger partial charge in [0.25, 0.3) is 0 Å². The van der Waals surface area contributed by atoms with Gasteiger partial charge in [0.15, 0.2) is 6.10 Å². The number of phenols is 2. The van der Waals surface area contributed by atoms with Crippen LogP contribution in [0.15, 0.2) is 51.9 Å². The lowest BCUT2D eigenvalue weighted by Gasteiger charge is -2.23. The normalized spacial score (nSPS) is 20.6. The minimum absolute atomic E-state index is 0.0248. The average Bonchev–Trinajstić information content (AvgIpc) is 3.12. The summed E-state index contributed by atoms with van der Waals surface area (Å²) in [5.74, 6) is -2.33. The molecule has 1 aliphatic rings. The van der Waals surface area contributed by atoms with Gasteiger partial charge in [-0.2, -0.15) is 0 Å². The molecule has 2 aromatic carbocycles. The van der Waals surface area contributed by atoms with E-state index in [1.165, 1.54) is 45.2 Å². The van der Waals surface area contributed by atoms with Gasteiger partial charge in [0.05, 0.1) is 5.56 Å². The van der Waals surface area contributed by atoms with E-state index in [1.807, 2.05) is 0 Å². The number of aromatic hydroxyl groups is 2. The van der Waals surface area contributed by atoms with Crippen molar-refractivity contribution in [2.75, 3.05) is 6.61 Å². The molecule has 4 atom stereocenters. The van der Waals surface area contributed by atoms with Crippen molar-refractivity contribution >= 4 is 28.9 Å². The van der Waals surface area contributed by atoms with Gasteiger partial charge in [0.2, 0.25) is 17.8 Å². The number of fused-ring (bicyclic) bond motifs is 1. The largest absolute Gasteiger partial charge is 0.508 e. The fourth-order valence-electron chi connectivity index (χ4n) is 4.04. The molecule has 0 amide bonds. The lowest BCUT2D eigenvalue weighted by Crippen LogP contribution is -2.42. The summed E-state index contributed by atoms with van der Waals surface area (Å²) in [6.07, 6.45) is -3.24. The molecule has 1 saturated heterocycles. The van der Waals surface area contributed by atoms with Crippen molar-refractivity contribution in [1.29, 1.82) is 0 Å². The van der Waals surface area contributed by atoms with Crippen LogP contribution in [0.4, 0.5) is 0 Å². The zero-order valence-electron chi connectivity index (χ0n) is 20.5. The molecule has 2 heterocycles. The van der Waals surface area contributed by atoms with Crippen LogP contribution in [-0.2, 0) is 33.3 Å². The molecule has 0 aliphatic carbocycles. The van der Waals surface area contributed by atoms with Crippen molar-refractivity contribution < 1.29 is 52.7 Å². The molecular weight excluding hydrogens is 504 g/mol. The highest BCUT2D eigenvalue weighted by atomic mass is 16.7. The first-order valence-corrected chi connectivity index (χ1v) is 11.4. The summed E-state index contributed by atoms with van der Waals surface area (Å²) in [4.78, 5) is 47.7. The molecule has 0 saturated carbocycles. The van der Waals surface area contributed by atoms with Crippen molar-refractivity contribution in [2.24, 2.45) is 0 Å². The fraction of sp³-hybridized carbons (Fsp3) is 0.308. The second-order valence-electron chi connectivity index (χ2n) is 8.45. The Bertz CT molecular complexity index is 1420. The summed E-state index contributed by atoms with van der Waals surface area (Å²) in [5.41, 5.74) is 0.104. The molecule has 0 spiro atoms. The van der Waals surface area contributed by atoms with Gasteiger partial charge >= 0.3 is 17.9 Å². The van der Waals surface area contributed by atoms with Crippen LogP contribution in [0.1, 0.15) is 20.8 Å². The van der Waals surface area contributed by atoms with Gasteiger partial charge in [-0.15, -0.1) is 0 Å². The highest BCUT2D eigenvalue weighted by Gasteiger charge is 2.51. The Kier molecular flexibility index (Phi) is 7.53. The van der Waals surface area contributed by atoms with E-state index in [4.69, 9.17) is 28.1 Å². The molecule has 200 valence electrons.